The number of nitrogens with zero attached hydrogens (tertiary/aromatic N) is 2. The molecule has 0 bridgehead atoms. The van der Waals surface area contributed by atoms with Crippen molar-refractivity contribution in [1.82, 2.24) is 14.5 Å². The van der Waals surface area contributed by atoms with Crippen molar-refractivity contribution in [1.29, 1.82) is 0 Å². The molecule has 8 nitrogen and oxygen atoms in total. The van der Waals surface area contributed by atoms with Gasteiger partial charge < -0.3 is 10.1 Å². The van der Waals surface area contributed by atoms with E-state index in [9.17, 15) is 18.0 Å². The Balaban J connectivity index is 1.71. The monoisotopic (exact) mass is 437 g/mol. The van der Waals surface area contributed by atoms with E-state index in [0.717, 1.165) is 25.7 Å². The van der Waals surface area contributed by atoms with Gasteiger partial charge in [-0.2, -0.15) is 4.31 Å². The zero-order chi connectivity index (χ0) is 21.8. The minimum Gasteiger partial charge on any atom is -0.379 e. The van der Waals surface area contributed by atoms with Crippen LogP contribution >= 0.6 is 0 Å². The highest BCUT2D eigenvalue weighted by molar-refractivity contribution is 7.89. The normalized spacial score (nSPS) is 23.1. The lowest BCUT2D eigenvalue weighted by molar-refractivity contribution is -0.131. The number of urea groups is 1. The number of carbonyl (C=O) groups excluding carboxylic acids is 2. The quantitative estimate of drug-likeness (QED) is 0.473. The summed E-state index contributed by atoms with van der Waals surface area (Å²) in [5.41, 5.74) is -0.300. The molecule has 0 unspecified atom stereocenters. The number of morpholine rings is 1. The SMILES string of the molecule is CCCCCC[C@]1(C)NC(=O)N(Cc2cccc(S(=O)(=O)N3CCOCC3)c2)C1=O. The van der Waals surface area contributed by atoms with Crippen LogP contribution in [0.3, 0.4) is 0 Å². The summed E-state index contributed by atoms with van der Waals surface area (Å²) in [5, 5.41) is 2.82. The molecule has 166 valence electrons. The van der Waals surface area contributed by atoms with Crippen LogP contribution in [-0.4, -0.2) is 61.4 Å². The summed E-state index contributed by atoms with van der Waals surface area (Å²) in [6.45, 7) is 5.31. The van der Waals surface area contributed by atoms with Gasteiger partial charge in [-0.3, -0.25) is 9.69 Å². The number of benzene rings is 1. The second-order valence-corrected chi connectivity index (χ2v) is 10.1. The molecule has 0 radical (unpaired) electrons. The fourth-order valence-electron chi connectivity index (χ4n) is 3.89. The van der Waals surface area contributed by atoms with E-state index in [-0.39, 0.29) is 17.3 Å². The van der Waals surface area contributed by atoms with E-state index in [2.05, 4.69) is 12.2 Å². The molecule has 2 heterocycles. The van der Waals surface area contributed by atoms with E-state index in [4.69, 9.17) is 4.74 Å². The van der Waals surface area contributed by atoms with Crippen molar-refractivity contribution in [2.75, 3.05) is 26.3 Å². The molecule has 2 saturated heterocycles. The highest BCUT2D eigenvalue weighted by Gasteiger charge is 2.47. The van der Waals surface area contributed by atoms with Gasteiger partial charge in [0.1, 0.15) is 5.54 Å². The Morgan fingerprint density at radius 1 is 1.13 bits per heavy atom. The van der Waals surface area contributed by atoms with E-state index in [1.165, 1.54) is 15.3 Å². The number of amides is 3. The summed E-state index contributed by atoms with van der Waals surface area (Å²) in [6.07, 6.45) is 4.70. The molecular weight excluding hydrogens is 406 g/mol. The molecule has 1 aromatic carbocycles. The number of rotatable bonds is 9. The van der Waals surface area contributed by atoms with Gasteiger partial charge in [-0.25, -0.2) is 13.2 Å². The third-order valence-electron chi connectivity index (χ3n) is 5.72. The zero-order valence-corrected chi connectivity index (χ0v) is 18.5. The molecule has 2 aliphatic heterocycles. The fraction of sp³-hybridized carbons (Fsp3) is 0.619. The Kier molecular flexibility index (Phi) is 7.15. The fourth-order valence-corrected chi connectivity index (χ4v) is 5.37. The molecule has 3 amide bonds. The van der Waals surface area contributed by atoms with Gasteiger partial charge in [0.15, 0.2) is 0 Å². The van der Waals surface area contributed by atoms with Crippen molar-refractivity contribution in [3.63, 3.8) is 0 Å². The minimum atomic E-state index is -3.64. The maximum Gasteiger partial charge on any atom is 0.325 e. The van der Waals surface area contributed by atoms with Crippen molar-refractivity contribution >= 4 is 22.0 Å². The van der Waals surface area contributed by atoms with Crippen molar-refractivity contribution in [2.45, 2.75) is 62.9 Å². The number of nitrogens with one attached hydrogen (secondary N) is 1. The first kappa shape index (κ1) is 22.7. The van der Waals surface area contributed by atoms with Gasteiger partial charge in [0.2, 0.25) is 10.0 Å². The Bertz CT molecular complexity index is 882. The minimum absolute atomic E-state index is 0.0433. The standard InChI is InChI=1S/C21H31N3O5S/c1-3-4-5-6-10-21(2)19(25)24(20(26)22-21)16-17-8-7-9-18(15-17)30(27,28)23-11-13-29-14-12-23/h7-9,15H,3-6,10-14,16H2,1-2H3,(H,22,26)/t21-/m0/s1. The van der Waals surface area contributed by atoms with Gasteiger partial charge in [0.25, 0.3) is 5.91 Å². The molecule has 3 rings (SSSR count). The number of ether oxygens (including phenoxy) is 1. The Hall–Kier alpha value is -1.97. The van der Waals surface area contributed by atoms with Crippen LogP contribution in [0.15, 0.2) is 29.2 Å². The molecule has 0 aromatic heterocycles. The first-order valence-corrected chi connectivity index (χ1v) is 12.0. The summed E-state index contributed by atoms with van der Waals surface area (Å²) in [5.74, 6) is -0.259. The van der Waals surface area contributed by atoms with Crippen molar-refractivity contribution in [3.8, 4) is 0 Å². The van der Waals surface area contributed by atoms with Crippen LogP contribution in [0.25, 0.3) is 0 Å². The maximum absolute atomic E-state index is 12.9. The van der Waals surface area contributed by atoms with Gasteiger partial charge in [-0.1, -0.05) is 44.7 Å². The molecule has 1 N–H and O–H groups in total. The highest BCUT2D eigenvalue weighted by Crippen LogP contribution is 2.26. The lowest BCUT2D eigenvalue weighted by Crippen LogP contribution is -2.43. The molecule has 9 heteroatoms. The molecule has 2 aliphatic rings. The van der Waals surface area contributed by atoms with E-state index in [0.29, 0.717) is 38.3 Å². The lowest BCUT2D eigenvalue weighted by atomic mass is 9.94. The Morgan fingerprint density at radius 3 is 2.57 bits per heavy atom. The van der Waals surface area contributed by atoms with E-state index >= 15 is 0 Å². The van der Waals surface area contributed by atoms with Gasteiger partial charge >= 0.3 is 6.03 Å². The van der Waals surface area contributed by atoms with Crippen LogP contribution < -0.4 is 5.32 Å². The Morgan fingerprint density at radius 2 is 1.87 bits per heavy atom. The number of imide groups is 1. The average molecular weight is 438 g/mol. The average Bonchev–Trinajstić information content (AvgIpc) is 2.95. The predicted molar refractivity (Wildman–Crippen MR) is 112 cm³/mol. The summed E-state index contributed by atoms with van der Waals surface area (Å²) >= 11 is 0. The predicted octanol–water partition coefficient (Wildman–Crippen LogP) is 2.49. The number of hydrogen-bond acceptors (Lipinski definition) is 5. The summed E-state index contributed by atoms with van der Waals surface area (Å²) in [6, 6.07) is 6.03. The summed E-state index contributed by atoms with van der Waals surface area (Å²) in [4.78, 5) is 26.8. The first-order chi connectivity index (χ1) is 14.3. The maximum atomic E-state index is 12.9. The number of unbranched alkanes of at least 4 members (excludes halogenated alkanes) is 3. The summed E-state index contributed by atoms with van der Waals surface area (Å²) < 4.78 is 32.4. The van der Waals surface area contributed by atoms with Gasteiger partial charge in [-0.15, -0.1) is 0 Å². The molecule has 0 aliphatic carbocycles. The molecule has 1 atom stereocenters. The van der Waals surface area contributed by atoms with Crippen LogP contribution in [0.5, 0.6) is 0 Å². The van der Waals surface area contributed by atoms with Gasteiger partial charge in [0, 0.05) is 13.1 Å². The molecule has 2 fully saturated rings. The second kappa shape index (κ2) is 9.45. The molecular formula is C21H31N3O5S. The van der Waals surface area contributed by atoms with Crippen LogP contribution in [0.2, 0.25) is 0 Å². The van der Waals surface area contributed by atoms with Crippen molar-refractivity contribution < 1.29 is 22.7 Å². The van der Waals surface area contributed by atoms with E-state index in [1.807, 2.05) is 0 Å². The topological polar surface area (TPSA) is 96.0 Å². The van der Waals surface area contributed by atoms with Gasteiger partial charge in [-0.05, 0) is 31.0 Å². The van der Waals surface area contributed by atoms with Crippen LogP contribution in [0.1, 0.15) is 51.5 Å². The smallest absolute Gasteiger partial charge is 0.325 e. The van der Waals surface area contributed by atoms with E-state index in [1.54, 1.807) is 25.1 Å². The number of carbonyl (C=O) groups is 2. The van der Waals surface area contributed by atoms with Crippen molar-refractivity contribution in [2.24, 2.45) is 0 Å². The Labute approximate surface area is 178 Å². The van der Waals surface area contributed by atoms with Crippen LogP contribution in [-0.2, 0) is 26.1 Å². The number of hydrogen-bond donors (Lipinski definition) is 1. The van der Waals surface area contributed by atoms with Crippen LogP contribution in [0.4, 0.5) is 4.79 Å². The second-order valence-electron chi connectivity index (χ2n) is 8.13. The number of sulfonamides is 1. The largest absolute Gasteiger partial charge is 0.379 e. The first-order valence-electron chi connectivity index (χ1n) is 10.6. The molecule has 1 aromatic rings. The third kappa shape index (κ3) is 4.84. The van der Waals surface area contributed by atoms with E-state index < -0.39 is 21.6 Å². The molecule has 0 saturated carbocycles. The zero-order valence-electron chi connectivity index (χ0n) is 17.7. The third-order valence-corrected chi connectivity index (χ3v) is 7.62. The highest BCUT2D eigenvalue weighted by atomic mass is 32.2. The summed E-state index contributed by atoms with van der Waals surface area (Å²) in [7, 11) is -3.64. The van der Waals surface area contributed by atoms with Crippen molar-refractivity contribution in [3.05, 3.63) is 29.8 Å². The molecule has 30 heavy (non-hydrogen) atoms. The van der Waals surface area contributed by atoms with Gasteiger partial charge in [0.05, 0.1) is 24.7 Å². The lowest BCUT2D eigenvalue weighted by Gasteiger charge is -2.26. The van der Waals surface area contributed by atoms with Crippen LogP contribution in [0, 0.1) is 0 Å². The molecule has 0 spiro atoms.